The van der Waals surface area contributed by atoms with Gasteiger partial charge in [-0.25, -0.2) is 0 Å². The Kier molecular flexibility index (Phi) is 8.58. The third-order valence-electron chi connectivity index (χ3n) is 12.7. The summed E-state index contributed by atoms with van der Waals surface area (Å²) in [5.41, 5.74) is -0.0130. The molecule has 0 unspecified atom stereocenters. The van der Waals surface area contributed by atoms with Gasteiger partial charge in [0.25, 0.3) is 11.8 Å². The summed E-state index contributed by atoms with van der Waals surface area (Å²) in [6.07, 6.45) is 15.5. The number of carbonyl (C=O) groups excluding carboxylic acids is 4. The summed E-state index contributed by atoms with van der Waals surface area (Å²) in [6, 6.07) is 0.304. The second-order valence-electron chi connectivity index (χ2n) is 15.7. The van der Waals surface area contributed by atoms with E-state index in [1.54, 1.807) is 0 Å². The van der Waals surface area contributed by atoms with E-state index in [1.165, 1.54) is 54.7 Å². The van der Waals surface area contributed by atoms with E-state index < -0.39 is 0 Å². The zero-order valence-electron chi connectivity index (χ0n) is 26.3. The molecule has 0 spiro atoms. The molecule has 12 heteroatoms. The van der Waals surface area contributed by atoms with Crippen molar-refractivity contribution in [2.24, 2.45) is 41.4 Å². The van der Waals surface area contributed by atoms with E-state index in [0.717, 1.165) is 84.7 Å². The Hall–Kier alpha value is -1.50. The van der Waals surface area contributed by atoms with Crippen molar-refractivity contribution in [1.29, 1.82) is 0 Å². The summed E-state index contributed by atoms with van der Waals surface area (Å²) in [5.74, 6) is 4.95. The van der Waals surface area contributed by atoms with Gasteiger partial charge in [0.05, 0.1) is 9.81 Å². The van der Waals surface area contributed by atoms with Gasteiger partial charge >= 0.3 is 0 Å². The fourth-order valence-corrected chi connectivity index (χ4v) is 13.9. The van der Waals surface area contributed by atoms with Crippen molar-refractivity contribution < 1.29 is 19.2 Å². The van der Waals surface area contributed by atoms with Crippen molar-refractivity contribution in [1.82, 2.24) is 20.4 Å². The molecule has 6 bridgehead atoms. The molecule has 2 heterocycles. The maximum Gasteiger partial charge on any atom is 0.267 e. The molecule has 0 aromatic heterocycles. The quantitative estimate of drug-likeness (QED) is 0.228. The molecule has 8 nitrogen and oxygen atoms in total. The Morgan fingerprint density at radius 1 is 0.717 bits per heavy atom. The van der Waals surface area contributed by atoms with Crippen LogP contribution in [0.4, 0.5) is 0 Å². The molecule has 4 amide bonds. The van der Waals surface area contributed by atoms with Crippen molar-refractivity contribution in [2.75, 3.05) is 13.1 Å². The fraction of sp³-hybridized carbons (Fsp3) is 0.765. The Bertz CT molecular complexity index is 1410. The maximum absolute atomic E-state index is 13.4. The van der Waals surface area contributed by atoms with Gasteiger partial charge in [0.2, 0.25) is 11.8 Å². The third kappa shape index (κ3) is 5.89. The van der Waals surface area contributed by atoms with Gasteiger partial charge in [-0.05, 0) is 118 Å². The lowest BCUT2D eigenvalue weighted by atomic mass is 9.70. The molecule has 8 rings (SSSR count). The summed E-state index contributed by atoms with van der Waals surface area (Å²) in [4.78, 5) is 56.4. The molecular weight excluding hydrogens is 657 g/mol. The van der Waals surface area contributed by atoms with Gasteiger partial charge < -0.3 is 10.6 Å². The lowest BCUT2D eigenvalue weighted by Gasteiger charge is -2.40. The van der Waals surface area contributed by atoms with E-state index in [0.29, 0.717) is 69.2 Å². The molecule has 0 aromatic rings. The molecule has 2 saturated heterocycles. The summed E-state index contributed by atoms with van der Waals surface area (Å²) in [6.45, 7) is 0.698. The zero-order chi connectivity index (χ0) is 31.7. The SMILES string of the molecule is O=C(CCCN1C(=O)/C(=C2\SC(=S)N(CCCC(=O)N[C@@]34C[C@H]5CC[C@@H](C3)[C@H](C5)C4)C2=O)SC1=S)N[C@@H]1C[C@@H]2C[C@@H]3C[C@@H](C2)[C@@H]1C3. The lowest BCUT2D eigenvalue weighted by molar-refractivity contribution is -0.125. The van der Waals surface area contributed by atoms with E-state index >= 15 is 0 Å². The predicted octanol–water partition coefficient (Wildman–Crippen LogP) is 5.50. The first-order valence-electron chi connectivity index (χ1n) is 17.6. The minimum atomic E-state index is -0.285. The first-order chi connectivity index (χ1) is 22.1. The molecule has 0 radical (unpaired) electrons. The summed E-state index contributed by atoms with van der Waals surface area (Å²) in [5, 5.41) is 6.75. The van der Waals surface area contributed by atoms with Gasteiger partial charge in [0.1, 0.15) is 8.64 Å². The number of amides is 4. The van der Waals surface area contributed by atoms with Crippen LogP contribution in [0.25, 0.3) is 0 Å². The van der Waals surface area contributed by atoms with E-state index in [-0.39, 0.29) is 29.2 Å². The standard InChI is InChI=1S/C34H44N4O4S4/c39-26(35-25-14-20-9-19-11-22(12-20)24(25)13-19)3-1-7-37-30(41)28(45-32(37)43)29-31(42)38(33(44)46-29)8-2-4-27(40)36-34-15-18-5-6-21(16-34)23(10-18)17-34/h18-25H,1-17H2,(H,35,39)(H,36,40)/b29-28+/t18-,19+,20+,21-,22-,23+,24-,25+,34-/m0/s1. The van der Waals surface area contributed by atoms with E-state index in [4.69, 9.17) is 24.4 Å². The van der Waals surface area contributed by atoms with E-state index in [2.05, 4.69) is 10.6 Å². The van der Waals surface area contributed by atoms with Crippen molar-refractivity contribution >= 4 is 80.2 Å². The van der Waals surface area contributed by atoms with Crippen LogP contribution in [-0.4, -0.2) is 66.7 Å². The average Bonchev–Trinajstić information content (AvgIpc) is 3.59. The minimum absolute atomic E-state index is 0.0130. The molecule has 0 aromatic carbocycles. The smallest absolute Gasteiger partial charge is 0.267 e. The predicted molar refractivity (Wildman–Crippen MR) is 187 cm³/mol. The highest BCUT2D eigenvalue weighted by Crippen LogP contribution is 2.57. The number of carbonyl (C=O) groups is 4. The van der Waals surface area contributed by atoms with Crippen LogP contribution in [0.15, 0.2) is 9.81 Å². The van der Waals surface area contributed by atoms with Gasteiger partial charge in [0, 0.05) is 37.5 Å². The second-order valence-corrected chi connectivity index (χ2v) is 19.0. The van der Waals surface area contributed by atoms with Crippen molar-refractivity contribution in [3.8, 4) is 0 Å². The third-order valence-corrected chi connectivity index (χ3v) is 15.7. The number of thiocarbonyl (C=S) groups is 2. The molecule has 8 aliphatic rings. The van der Waals surface area contributed by atoms with Gasteiger partial charge in [-0.2, -0.15) is 0 Å². The zero-order valence-corrected chi connectivity index (χ0v) is 29.6. The molecule has 6 saturated carbocycles. The average molecular weight is 701 g/mol. The largest absolute Gasteiger partial charge is 0.353 e. The number of nitrogens with zero attached hydrogens (tertiary/aromatic N) is 2. The maximum atomic E-state index is 13.4. The van der Waals surface area contributed by atoms with E-state index in [1.807, 2.05) is 0 Å². The lowest BCUT2D eigenvalue weighted by Crippen LogP contribution is -2.49. The molecule has 2 N–H and O–H groups in total. The van der Waals surface area contributed by atoms with Gasteiger partial charge in [-0.15, -0.1) is 0 Å². The number of thioether (sulfide) groups is 2. The summed E-state index contributed by atoms with van der Waals surface area (Å²) in [7, 11) is 0. The van der Waals surface area contributed by atoms with Crippen LogP contribution in [0.2, 0.25) is 0 Å². The molecule has 8 fully saturated rings. The Morgan fingerprint density at radius 2 is 1.33 bits per heavy atom. The topological polar surface area (TPSA) is 98.8 Å². The van der Waals surface area contributed by atoms with Crippen LogP contribution in [0, 0.1) is 41.4 Å². The monoisotopic (exact) mass is 700 g/mol. The first-order valence-corrected chi connectivity index (χ1v) is 20.0. The summed E-state index contributed by atoms with van der Waals surface area (Å²) < 4.78 is 0.820. The van der Waals surface area contributed by atoms with Crippen LogP contribution in [0.5, 0.6) is 0 Å². The fourth-order valence-electron chi connectivity index (χ4n) is 11.1. The number of nitrogens with one attached hydrogen (secondary N) is 2. The highest BCUT2D eigenvalue weighted by atomic mass is 32.2. The van der Waals surface area contributed by atoms with Crippen LogP contribution in [0.3, 0.4) is 0 Å². The second kappa shape index (κ2) is 12.4. The number of hydrogen-bond donors (Lipinski definition) is 2. The normalized spacial score (nSPS) is 40.5. The molecular formula is C34H44N4O4S4. The Labute approximate surface area is 290 Å². The van der Waals surface area contributed by atoms with Gasteiger partial charge in [0.15, 0.2) is 0 Å². The molecule has 6 aliphatic carbocycles. The summed E-state index contributed by atoms with van der Waals surface area (Å²) >= 11 is 13.4. The highest BCUT2D eigenvalue weighted by Gasteiger charge is 2.53. The van der Waals surface area contributed by atoms with Crippen LogP contribution in [0.1, 0.15) is 96.3 Å². The molecule has 2 aliphatic heterocycles. The number of fused-ring (bicyclic) bond motifs is 4. The Balaban J connectivity index is 0.805. The highest BCUT2D eigenvalue weighted by molar-refractivity contribution is 8.29. The van der Waals surface area contributed by atoms with Crippen LogP contribution < -0.4 is 10.6 Å². The molecule has 46 heavy (non-hydrogen) atoms. The van der Waals surface area contributed by atoms with Gasteiger partial charge in [-0.1, -0.05) is 54.4 Å². The first kappa shape index (κ1) is 31.7. The van der Waals surface area contributed by atoms with E-state index in [9.17, 15) is 19.2 Å². The van der Waals surface area contributed by atoms with Crippen molar-refractivity contribution in [3.05, 3.63) is 9.81 Å². The van der Waals surface area contributed by atoms with Crippen molar-refractivity contribution in [2.45, 2.75) is 108 Å². The Morgan fingerprint density at radius 3 is 2.02 bits per heavy atom. The number of rotatable bonds is 10. The van der Waals surface area contributed by atoms with Crippen LogP contribution >= 0.6 is 48.0 Å². The van der Waals surface area contributed by atoms with Crippen LogP contribution in [-0.2, 0) is 19.2 Å². The molecule has 9 atom stereocenters. The van der Waals surface area contributed by atoms with Crippen molar-refractivity contribution in [3.63, 3.8) is 0 Å². The number of hydrogen-bond acceptors (Lipinski definition) is 8. The van der Waals surface area contributed by atoms with Gasteiger partial charge in [-0.3, -0.25) is 29.0 Å². The minimum Gasteiger partial charge on any atom is -0.353 e. The molecule has 248 valence electrons.